The Bertz CT molecular complexity index is 1220. The predicted molar refractivity (Wildman–Crippen MR) is 133 cm³/mol. The highest BCUT2D eigenvalue weighted by Gasteiger charge is 2.23. The second-order valence-corrected chi connectivity index (χ2v) is 9.99. The third-order valence-corrected chi connectivity index (χ3v) is 7.93. The number of hydrogen-bond acceptors (Lipinski definition) is 7. The summed E-state index contributed by atoms with van der Waals surface area (Å²) in [4.78, 5) is 32.7. The van der Waals surface area contributed by atoms with Gasteiger partial charge in [-0.2, -0.15) is 0 Å². The molecule has 7 nitrogen and oxygen atoms in total. The Balaban J connectivity index is 1.65. The van der Waals surface area contributed by atoms with Crippen molar-refractivity contribution < 1.29 is 14.3 Å². The Hall–Kier alpha value is -2.52. The molecule has 2 heterocycles. The smallest absolute Gasteiger partial charge is 0.263 e. The zero-order valence-corrected chi connectivity index (χ0v) is 20.9. The van der Waals surface area contributed by atoms with Gasteiger partial charge in [-0.05, 0) is 55.4 Å². The van der Waals surface area contributed by atoms with E-state index in [-0.39, 0.29) is 17.2 Å². The number of nitrogens with zero attached hydrogens (tertiary/aromatic N) is 2. The van der Waals surface area contributed by atoms with Crippen LogP contribution in [0.5, 0.6) is 11.5 Å². The number of rotatable bonds is 10. The van der Waals surface area contributed by atoms with Crippen LogP contribution in [-0.2, 0) is 30.6 Å². The molecule has 1 aliphatic rings. The molecule has 1 amide bonds. The number of methoxy groups -OCH3 is 2. The number of thiophene rings is 1. The van der Waals surface area contributed by atoms with Crippen LogP contribution >= 0.6 is 23.1 Å². The first-order chi connectivity index (χ1) is 16.0. The molecule has 1 aromatic carbocycles. The molecule has 2 aromatic heterocycles. The molecule has 9 heteroatoms. The lowest BCUT2D eigenvalue weighted by molar-refractivity contribution is -0.118. The number of aryl methyl sites for hydroxylation is 3. The van der Waals surface area contributed by atoms with Gasteiger partial charge in [-0.25, -0.2) is 4.98 Å². The molecule has 0 radical (unpaired) electrons. The van der Waals surface area contributed by atoms with Crippen LogP contribution in [0, 0.1) is 0 Å². The van der Waals surface area contributed by atoms with Crippen molar-refractivity contribution >= 4 is 39.2 Å². The highest BCUT2D eigenvalue weighted by molar-refractivity contribution is 7.99. The van der Waals surface area contributed by atoms with Crippen molar-refractivity contribution in [1.82, 2.24) is 14.9 Å². The maximum atomic E-state index is 13.6. The highest BCUT2D eigenvalue weighted by Crippen LogP contribution is 2.35. The molecule has 0 saturated heterocycles. The van der Waals surface area contributed by atoms with Gasteiger partial charge < -0.3 is 14.8 Å². The minimum absolute atomic E-state index is 0.00339. The number of amides is 1. The lowest BCUT2D eigenvalue weighted by atomic mass is 10.1. The maximum absolute atomic E-state index is 13.6. The van der Waals surface area contributed by atoms with Crippen LogP contribution in [0.3, 0.4) is 0 Å². The zero-order chi connectivity index (χ0) is 23.4. The summed E-state index contributed by atoms with van der Waals surface area (Å²) in [7, 11) is 3.22. The Morgan fingerprint density at radius 2 is 2.06 bits per heavy atom. The highest BCUT2D eigenvalue weighted by atomic mass is 32.2. The van der Waals surface area contributed by atoms with Crippen molar-refractivity contribution in [3.8, 4) is 11.5 Å². The van der Waals surface area contributed by atoms with Crippen LogP contribution in [0.1, 0.15) is 35.8 Å². The normalized spacial score (nSPS) is 12.7. The molecular weight excluding hydrogens is 458 g/mol. The average Bonchev–Trinajstić information content (AvgIpc) is 3.41. The summed E-state index contributed by atoms with van der Waals surface area (Å²) in [5.74, 6) is 1.52. The van der Waals surface area contributed by atoms with Gasteiger partial charge in [0.1, 0.15) is 4.83 Å². The van der Waals surface area contributed by atoms with E-state index in [2.05, 4.69) is 5.32 Å². The lowest BCUT2D eigenvalue weighted by Crippen LogP contribution is -2.28. The second-order valence-electron chi connectivity index (χ2n) is 7.97. The fraction of sp³-hybridized carbons (Fsp3) is 0.458. The second kappa shape index (κ2) is 10.6. The maximum Gasteiger partial charge on any atom is 0.263 e. The topological polar surface area (TPSA) is 82.5 Å². The summed E-state index contributed by atoms with van der Waals surface area (Å²) in [5.41, 5.74) is 2.20. The number of benzene rings is 1. The Kier molecular flexibility index (Phi) is 7.60. The van der Waals surface area contributed by atoms with E-state index in [0.717, 1.165) is 41.5 Å². The van der Waals surface area contributed by atoms with Crippen molar-refractivity contribution in [2.45, 2.75) is 50.7 Å². The molecule has 0 atom stereocenters. The molecule has 4 rings (SSSR count). The molecule has 0 bridgehead atoms. The average molecular weight is 488 g/mol. The molecule has 0 aliphatic heterocycles. The van der Waals surface area contributed by atoms with Crippen molar-refractivity contribution in [3.05, 3.63) is 44.6 Å². The number of ether oxygens (including phenoxy) is 2. The van der Waals surface area contributed by atoms with Crippen LogP contribution in [0.15, 0.2) is 28.2 Å². The fourth-order valence-corrected chi connectivity index (χ4v) is 6.25. The fourth-order valence-electron chi connectivity index (χ4n) is 4.09. The summed E-state index contributed by atoms with van der Waals surface area (Å²) in [6, 6.07) is 5.78. The quantitative estimate of drug-likeness (QED) is 0.346. The van der Waals surface area contributed by atoms with Gasteiger partial charge in [0.2, 0.25) is 5.91 Å². The zero-order valence-electron chi connectivity index (χ0n) is 19.2. The van der Waals surface area contributed by atoms with Crippen molar-refractivity contribution in [3.63, 3.8) is 0 Å². The van der Waals surface area contributed by atoms with Crippen LogP contribution in [-0.4, -0.2) is 42.0 Å². The summed E-state index contributed by atoms with van der Waals surface area (Å²) in [5, 5.41) is 4.25. The lowest BCUT2D eigenvalue weighted by Gasteiger charge is -2.14. The van der Waals surface area contributed by atoms with Gasteiger partial charge in [-0.15, -0.1) is 11.3 Å². The molecule has 0 saturated carbocycles. The molecule has 1 N–H and O–H groups in total. The third-order valence-electron chi connectivity index (χ3n) is 5.77. The number of fused-ring (bicyclic) bond motifs is 3. The van der Waals surface area contributed by atoms with Crippen molar-refractivity contribution in [2.24, 2.45) is 0 Å². The molecule has 3 aromatic rings. The first kappa shape index (κ1) is 23.6. The van der Waals surface area contributed by atoms with Crippen LogP contribution in [0.25, 0.3) is 10.2 Å². The number of carbonyl (C=O) groups is 1. The summed E-state index contributed by atoms with van der Waals surface area (Å²) >= 11 is 2.95. The van der Waals surface area contributed by atoms with Crippen LogP contribution < -0.4 is 20.3 Å². The summed E-state index contributed by atoms with van der Waals surface area (Å²) < 4.78 is 12.5. The van der Waals surface area contributed by atoms with Crippen LogP contribution in [0.4, 0.5) is 0 Å². The van der Waals surface area contributed by atoms with Crippen molar-refractivity contribution in [1.29, 1.82) is 0 Å². The molecule has 33 heavy (non-hydrogen) atoms. The molecule has 0 fully saturated rings. The van der Waals surface area contributed by atoms with Crippen molar-refractivity contribution in [2.75, 3.05) is 26.5 Å². The number of hydrogen-bond donors (Lipinski definition) is 1. The van der Waals surface area contributed by atoms with Gasteiger partial charge in [0, 0.05) is 18.0 Å². The minimum atomic E-state index is -0.0451. The van der Waals surface area contributed by atoms with E-state index in [0.29, 0.717) is 36.2 Å². The molecule has 0 unspecified atom stereocenters. The number of carbonyl (C=O) groups excluding carboxylic acids is 1. The summed E-state index contributed by atoms with van der Waals surface area (Å²) in [6.07, 6.45) is 4.57. The SMILES string of the molecule is CCCNC(=O)CSc1nc2sc3c(c2c(=O)n1CCc1ccc(OC)c(OC)c1)CCC3. The first-order valence-electron chi connectivity index (χ1n) is 11.2. The van der Waals surface area contributed by atoms with E-state index >= 15 is 0 Å². The molecular formula is C24H29N3O4S2. The van der Waals surface area contributed by atoms with E-state index < -0.39 is 0 Å². The predicted octanol–water partition coefficient (Wildman–Crippen LogP) is 3.82. The van der Waals surface area contributed by atoms with Crippen LogP contribution in [0.2, 0.25) is 0 Å². The first-order valence-corrected chi connectivity index (χ1v) is 13.0. The number of aromatic nitrogens is 2. The van der Waals surface area contributed by atoms with E-state index in [1.165, 1.54) is 22.2 Å². The van der Waals surface area contributed by atoms with E-state index in [1.807, 2.05) is 25.1 Å². The van der Waals surface area contributed by atoms with Gasteiger partial charge in [0.25, 0.3) is 5.56 Å². The number of nitrogens with one attached hydrogen (secondary N) is 1. The van der Waals surface area contributed by atoms with Gasteiger partial charge in [-0.1, -0.05) is 24.8 Å². The van der Waals surface area contributed by atoms with E-state index in [1.54, 1.807) is 30.1 Å². The summed E-state index contributed by atoms with van der Waals surface area (Å²) in [6.45, 7) is 3.14. The largest absolute Gasteiger partial charge is 0.493 e. The van der Waals surface area contributed by atoms with Gasteiger partial charge >= 0.3 is 0 Å². The molecule has 0 spiro atoms. The van der Waals surface area contributed by atoms with Gasteiger partial charge in [0.15, 0.2) is 16.7 Å². The minimum Gasteiger partial charge on any atom is -0.493 e. The number of thioether (sulfide) groups is 1. The Morgan fingerprint density at radius 1 is 1.24 bits per heavy atom. The van der Waals surface area contributed by atoms with Gasteiger partial charge in [-0.3, -0.25) is 14.2 Å². The Morgan fingerprint density at radius 3 is 2.82 bits per heavy atom. The Labute approximate surface area is 201 Å². The van der Waals surface area contributed by atoms with E-state index in [4.69, 9.17) is 14.5 Å². The third kappa shape index (κ3) is 5.04. The van der Waals surface area contributed by atoms with Gasteiger partial charge in [0.05, 0.1) is 25.4 Å². The standard InChI is InChI=1S/C24H29N3O4S2/c1-4-11-25-20(28)14-32-24-26-22-21(16-6-5-7-19(16)33-22)23(29)27(24)12-10-15-8-9-17(30-2)18(13-15)31-3/h8-9,13H,4-7,10-12,14H2,1-3H3,(H,25,28). The monoisotopic (exact) mass is 487 g/mol. The van der Waals surface area contributed by atoms with E-state index in [9.17, 15) is 9.59 Å². The molecule has 176 valence electrons. The molecule has 1 aliphatic carbocycles.